The zero-order valence-corrected chi connectivity index (χ0v) is 8.28. The van der Waals surface area contributed by atoms with E-state index >= 15 is 0 Å². The summed E-state index contributed by atoms with van der Waals surface area (Å²) in [5.74, 6) is 0.294. The molecule has 0 radical (unpaired) electrons. The average Bonchev–Trinajstić information content (AvgIpc) is 2.11. The maximum atomic E-state index is 11.0. The van der Waals surface area contributed by atoms with Crippen molar-refractivity contribution in [2.45, 2.75) is 16.4 Å². The first-order valence-electron chi connectivity index (χ1n) is 3.78. The van der Waals surface area contributed by atoms with Crippen molar-refractivity contribution in [1.82, 2.24) is 4.90 Å². The van der Waals surface area contributed by atoms with Gasteiger partial charge in [0.05, 0.1) is 23.2 Å². The molecule has 2 fully saturated rings. The van der Waals surface area contributed by atoms with Gasteiger partial charge in [0.1, 0.15) is 0 Å². The summed E-state index contributed by atoms with van der Waals surface area (Å²) in [6.45, 7) is 2.41. The molecular formula is C7H10INO2. The number of carbonyl (C=O) groups excluding carboxylic acids is 1. The van der Waals surface area contributed by atoms with Gasteiger partial charge in [0.2, 0.25) is 5.91 Å². The van der Waals surface area contributed by atoms with E-state index in [1.165, 1.54) is 0 Å². The van der Waals surface area contributed by atoms with E-state index in [-0.39, 0.29) is 0 Å². The molecule has 2 rings (SSSR count). The number of nitrogens with zero attached hydrogens (tertiary/aromatic N) is 1. The van der Waals surface area contributed by atoms with Gasteiger partial charge in [0.25, 0.3) is 0 Å². The van der Waals surface area contributed by atoms with Gasteiger partial charge in [-0.2, -0.15) is 0 Å². The van der Waals surface area contributed by atoms with Crippen LogP contribution in [0.2, 0.25) is 0 Å². The molecule has 0 aromatic carbocycles. The molecule has 11 heavy (non-hydrogen) atoms. The van der Waals surface area contributed by atoms with Crippen LogP contribution in [0.3, 0.4) is 0 Å². The third-order valence-corrected chi connectivity index (χ3v) is 2.93. The predicted molar refractivity (Wildman–Crippen MR) is 48.7 cm³/mol. The van der Waals surface area contributed by atoms with Gasteiger partial charge in [-0.3, -0.25) is 4.79 Å². The Hall–Kier alpha value is 0.160. The summed E-state index contributed by atoms with van der Waals surface area (Å²) >= 11 is 2.33. The zero-order valence-electron chi connectivity index (χ0n) is 6.12. The van der Waals surface area contributed by atoms with Crippen LogP contribution in [-0.4, -0.2) is 40.5 Å². The number of rotatable bonds is 0. The molecule has 0 unspecified atom stereocenters. The van der Waals surface area contributed by atoms with Gasteiger partial charge in [0, 0.05) is 13.0 Å². The van der Waals surface area contributed by atoms with Crippen molar-refractivity contribution in [2.24, 2.45) is 0 Å². The molecule has 2 heterocycles. The number of ether oxygens (including phenoxy) is 1. The Balaban J connectivity index is 2.01. The standard InChI is InChI=1S/C7H10INO2/c8-5-2-9-6(1-7(9)10)4-11-3-5/h5-6H,1-4H2/t5-,6+/m0/s1. The Kier molecular flexibility index (Phi) is 2.05. The van der Waals surface area contributed by atoms with Crippen LogP contribution in [0.25, 0.3) is 0 Å². The lowest BCUT2D eigenvalue weighted by atomic mass is 10.0. The number of β-lactam (4-membered cyclic amide) rings is 1. The minimum atomic E-state index is 0.294. The third kappa shape index (κ3) is 1.38. The SMILES string of the molecule is O=C1C[C@@H]2COC[C@@H](I)CN12. The first-order chi connectivity index (χ1) is 5.27. The van der Waals surface area contributed by atoms with Gasteiger partial charge >= 0.3 is 0 Å². The maximum absolute atomic E-state index is 11.0. The summed E-state index contributed by atoms with van der Waals surface area (Å²) in [6.07, 6.45) is 0.698. The predicted octanol–water partition coefficient (Wildman–Crippen LogP) is 0.421. The molecule has 2 atom stereocenters. The highest BCUT2D eigenvalue weighted by atomic mass is 127. The summed E-state index contributed by atoms with van der Waals surface area (Å²) in [5, 5.41) is 0. The van der Waals surface area contributed by atoms with Crippen molar-refractivity contribution in [3.8, 4) is 0 Å². The third-order valence-electron chi connectivity index (χ3n) is 2.18. The molecule has 0 aromatic rings. The Morgan fingerprint density at radius 3 is 3.09 bits per heavy atom. The summed E-state index contributed by atoms with van der Waals surface area (Å²) in [6, 6.07) is 0.391. The van der Waals surface area contributed by atoms with Crippen molar-refractivity contribution in [3.05, 3.63) is 0 Å². The van der Waals surface area contributed by atoms with Crippen molar-refractivity contribution in [1.29, 1.82) is 0 Å². The molecule has 0 saturated carbocycles. The minimum absolute atomic E-state index is 0.294. The highest BCUT2D eigenvalue weighted by molar-refractivity contribution is 14.1. The molecule has 2 aliphatic heterocycles. The fourth-order valence-corrected chi connectivity index (χ4v) is 2.20. The first-order valence-corrected chi connectivity index (χ1v) is 5.03. The van der Waals surface area contributed by atoms with Crippen LogP contribution < -0.4 is 0 Å². The Morgan fingerprint density at radius 2 is 2.36 bits per heavy atom. The van der Waals surface area contributed by atoms with E-state index in [2.05, 4.69) is 22.6 Å². The lowest BCUT2D eigenvalue weighted by Gasteiger charge is -2.38. The van der Waals surface area contributed by atoms with Gasteiger partial charge in [-0.1, -0.05) is 22.6 Å². The second-order valence-corrected chi connectivity index (χ2v) is 4.80. The molecular weight excluding hydrogens is 257 g/mol. The Morgan fingerprint density at radius 1 is 1.55 bits per heavy atom. The first kappa shape index (κ1) is 7.79. The number of halogens is 1. The fraction of sp³-hybridized carbons (Fsp3) is 0.857. The molecule has 0 bridgehead atoms. The van der Waals surface area contributed by atoms with E-state index in [4.69, 9.17) is 4.74 Å². The monoisotopic (exact) mass is 267 g/mol. The summed E-state index contributed by atoms with van der Waals surface area (Å²) < 4.78 is 5.86. The van der Waals surface area contributed by atoms with Crippen molar-refractivity contribution >= 4 is 28.5 Å². The van der Waals surface area contributed by atoms with Crippen LogP contribution >= 0.6 is 22.6 Å². The van der Waals surface area contributed by atoms with E-state index < -0.39 is 0 Å². The van der Waals surface area contributed by atoms with Crippen LogP contribution in [-0.2, 0) is 9.53 Å². The van der Waals surface area contributed by atoms with Crippen LogP contribution in [0.1, 0.15) is 6.42 Å². The smallest absolute Gasteiger partial charge is 0.225 e. The highest BCUT2D eigenvalue weighted by Crippen LogP contribution is 2.24. The molecule has 62 valence electrons. The summed E-state index contributed by atoms with van der Waals surface area (Å²) in [7, 11) is 0. The van der Waals surface area contributed by atoms with Crippen LogP contribution in [0.5, 0.6) is 0 Å². The van der Waals surface area contributed by atoms with E-state index in [1.807, 2.05) is 4.90 Å². The second-order valence-electron chi connectivity index (χ2n) is 3.04. The van der Waals surface area contributed by atoms with Gasteiger partial charge < -0.3 is 9.64 Å². The zero-order chi connectivity index (χ0) is 7.84. The van der Waals surface area contributed by atoms with Gasteiger partial charge in [-0.05, 0) is 0 Å². The molecule has 0 spiro atoms. The highest BCUT2D eigenvalue weighted by Gasteiger charge is 2.38. The molecule has 0 aromatic heterocycles. The normalized spacial score (nSPS) is 37.5. The maximum Gasteiger partial charge on any atom is 0.225 e. The number of hydrogen-bond acceptors (Lipinski definition) is 2. The van der Waals surface area contributed by atoms with Gasteiger partial charge in [-0.15, -0.1) is 0 Å². The number of carbonyl (C=O) groups is 1. The largest absolute Gasteiger partial charge is 0.378 e. The van der Waals surface area contributed by atoms with E-state index in [9.17, 15) is 4.79 Å². The van der Waals surface area contributed by atoms with E-state index in [1.54, 1.807) is 0 Å². The van der Waals surface area contributed by atoms with Crippen molar-refractivity contribution < 1.29 is 9.53 Å². The van der Waals surface area contributed by atoms with Gasteiger partial charge in [0.15, 0.2) is 0 Å². The number of amides is 1. The molecule has 2 saturated heterocycles. The fourth-order valence-electron chi connectivity index (χ4n) is 1.52. The van der Waals surface area contributed by atoms with E-state index in [0.29, 0.717) is 22.3 Å². The molecule has 0 aliphatic carbocycles. The molecule has 1 amide bonds. The lowest BCUT2D eigenvalue weighted by molar-refractivity contribution is -0.146. The van der Waals surface area contributed by atoms with Crippen LogP contribution in [0, 0.1) is 0 Å². The van der Waals surface area contributed by atoms with Crippen LogP contribution in [0.4, 0.5) is 0 Å². The molecule has 4 heteroatoms. The van der Waals surface area contributed by atoms with Crippen LogP contribution in [0.15, 0.2) is 0 Å². The summed E-state index contributed by atoms with van der Waals surface area (Å²) in [5.41, 5.74) is 0. The van der Waals surface area contributed by atoms with Gasteiger partial charge in [-0.25, -0.2) is 0 Å². The Bertz CT molecular complexity index is 185. The number of alkyl halides is 1. The number of fused-ring (bicyclic) bond motifs is 1. The second kappa shape index (κ2) is 2.90. The van der Waals surface area contributed by atoms with Crippen molar-refractivity contribution in [3.63, 3.8) is 0 Å². The quantitative estimate of drug-likeness (QED) is 0.361. The van der Waals surface area contributed by atoms with Crippen molar-refractivity contribution in [2.75, 3.05) is 19.8 Å². The summed E-state index contributed by atoms with van der Waals surface area (Å²) in [4.78, 5) is 13.0. The van der Waals surface area contributed by atoms with E-state index in [0.717, 1.165) is 19.8 Å². The molecule has 2 aliphatic rings. The topological polar surface area (TPSA) is 29.5 Å². The Labute approximate surface area is 79.2 Å². The number of hydrogen-bond donors (Lipinski definition) is 0. The lowest BCUT2D eigenvalue weighted by Crippen LogP contribution is -2.54. The molecule has 3 nitrogen and oxygen atoms in total. The minimum Gasteiger partial charge on any atom is -0.378 e. The molecule has 0 N–H and O–H groups in total. The average molecular weight is 267 g/mol.